The molecule has 6 heteroatoms. The van der Waals surface area contributed by atoms with Gasteiger partial charge < -0.3 is 4.74 Å². The van der Waals surface area contributed by atoms with Crippen LogP contribution in [0.3, 0.4) is 0 Å². The number of amides is 1. The van der Waals surface area contributed by atoms with Crippen molar-refractivity contribution < 1.29 is 9.53 Å². The number of hydrogen-bond acceptors (Lipinski definition) is 3. The van der Waals surface area contributed by atoms with Crippen molar-refractivity contribution in [2.24, 2.45) is 5.10 Å². The predicted molar refractivity (Wildman–Crippen MR) is 116 cm³/mol. The molecule has 3 rings (SSSR count). The molecule has 0 unspecified atom stereocenters. The molecule has 1 atom stereocenters. The molecule has 0 aliphatic rings. The molecule has 1 N–H and O–H groups in total. The third kappa shape index (κ3) is 4.76. The molecule has 0 saturated carbocycles. The number of hydrogen-bond donors (Lipinski definition) is 1. The zero-order valence-electron chi connectivity index (χ0n) is 14.7. The van der Waals surface area contributed by atoms with E-state index in [0.29, 0.717) is 12.2 Å². The van der Waals surface area contributed by atoms with Crippen molar-refractivity contribution in [3.63, 3.8) is 0 Å². The normalized spacial score (nSPS) is 12.3. The van der Waals surface area contributed by atoms with Crippen LogP contribution in [0.25, 0.3) is 10.8 Å². The lowest BCUT2D eigenvalue weighted by Gasteiger charge is -2.17. The number of ether oxygens (including phenoxy) is 1. The standard InChI is InChI=1S/C21H18Br2N2O2/c1-2-18(21(26)25-24-13-15-8-4-6-10-17(15)22)27-19-12-11-14-7-3-5-9-16(14)20(19)23/h3-13,18H,2H2,1H3,(H,25,26)/b24-13-/t18-/m0/s1. The Morgan fingerprint density at radius 3 is 2.63 bits per heavy atom. The van der Waals surface area contributed by atoms with E-state index in [0.717, 1.165) is 25.3 Å². The second-order valence-electron chi connectivity index (χ2n) is 5.87. The number of nitrogens with one attached hydrogen (secondary N) is 1. The Labute approximate surface area is 174 Å². The second kappa shape index (κ2) is 9.15. The van der Waals surface area contributed by atoms with Crippen LogP contribution >= 0.6 is 31.9 Å². The van der Waals surface area contributed by atoms with Gasteiger partial charge in [0.25, 0.3) is 5.91 Å². The van der Waals surface area contributed by atoms with Crippen LogP contribution in [-0.4, -0.2) is 18.2 Å². The van der Waals surface area contributed by atoms with Crippen LogP contribution in [0, 0.1) is 0 Å². The Morgan fingerprint density at radius 1 is 1.11 bits per heavy atom. The van der Waals surface area contributed by atoms with E-state index in [1.807, 2.05) is 67.6 Å². The van der Waals surface area contributed by atoms with Gasteiger partial charge in [-0.15, -0.1) is 0 Å². The Bertz CT molecular complexity index is 989. The fourth-order valence-corrected chi connectivity index (χ4v) is 3.57. The van der Waals surface area contributed by atoms with E-state index >= 15 is 0 Å². The van der Waals surface area contributed by atoms with Crippen LogP contribution in [0.5, 0.6) is 5.75 Å². The van der Waals surface area contributed by atoms with E-state index in [9.17, 15) is 4.79 Å². The summed E-state index contributed by atoms with van der Waals surface area (Å²) in [7, 11) is 0. The summed E-state index contributed by atoms with van der Waals surface area (Å²) in [5.41, 5.74) is 3.43. The molecule has 3 aromatic carbocycles. The molecule has 0 heterocycles. The summed E-state index contributed by atoms with van der Waals surface area (Å²) in [5.74, 6) is 0.339. The van der Waals surface area contributed by atoms with Gasteiger partial charge in [-0.1, -0.05) is 71.4 Å². The number of hydrazone groups is 1. The quantitative estimate of drug-likeness (QED) is 0.358. The zero-order valence-corrected chi connectivity index (χ0v) is 17.8. The largest absolute Gasteiger partial charge is 0.479 e. The van der Waals surface area contributed by atoms with Gasteiger partial charge in [0, 0.05) is 10.0 Å². The minimum Gasteiger partial charge on any atom is -0.479 e. The van der Waals surface area contributed by atoms with Crippen LogP contribution in [0.1, 0.15) is 18.9 Å². The topological polar surface area (TPSA) is 50.7 Å². The lowest BCUT2D eigenvalue weighted by Crippen LogP contribution is -2.35. The lowest BCUT2D eigenvalue weighted by atomic mass is 10.1. The van der Waals surface area contributed by atoms with Crippen molar-refractivity contribution in [1.82, 2.24) is 5.43 Å². The minimum atomic E-state index is -0.640. The first-order valence-corrected chi connectivity index (χ1v) is 10.1. The molecule has 4 nitrogen and oxygen atoms in total. The highest BCUT2D eigenvalue weighted by molar-refractivity contribution is 9.11. The van der Waals surface area contributed by atoms with E-state index in [-0.39, 0.29) is 5.91 Å². The summed E-state index contributed by atoms with van der Waals surface area (Å²) in [6.45, 7) is 1.90. The van der Waals surface area contributed by atoms with Crippen molar-refractivity contribution in [2.45, 2.75) is 19.4 Å². The third-order valence-corrected chi connectivity index (χ3v) is 5.58. The molecular formula is C21H18Br2N2O2. The molecule has 0 fully saturated rings. The van der Waals surface area contributed by atoms with Gasteiger partial charge in [0.05, 0.1) is 10.7 Å². The Kier molecular flexibility index (Phi) is 6.63. The van der Waals surface area contributed by atoms with Gasteiger partial charge in [-0.25, -0.2) is 5.43 Å². The summed E-state index contributed by atoms with van der Waals surface area (Å²) < 4.78 is 7.69. The van der Waals surface area contributed by atoms with Crippen molar-refractivity contribution >= 4 is 54.8 Å². The first kappa shape index (κ1) is 19.6. The number of nitrogens with zero attached hydrogens (tertiary/aromatic N) is 1. The monoisotopic (exact) mass is 488 g/mol. The number of fused-ring (bicyclic) bond motifs is 1. The molecular weight excluding hydrogens is 472 g/mol. The van der Waals surface area contributed by atoms with Crippen molar-refractivity contribution in [3.8, 4) is 5.75 Å². The minimum absolute atomic E-state index is 0.291. The maximum atomic E-state index is 12.5. The molecule has 0 bridgehead atoms. The summed E-state index contributed by atoms with van der Waals surface area (Å²) in [5, 5.41) is 6.18. The first-order valence-electron chi connectivity index (χ1n) is 8.51. The van der Waals surface area contributed by atoms with Crippen molar-refractivity contribution in [1.29, 1.82) is 0 Å². The van der Waals surface area contributed by atoms with Gasteiger partial charge in [0.15, 0.2) is 6.10 Å². The van der Waals surface area contributed by atoms with E-state index < -0.39 is 6.10 Å². The molecule has 0 aromatic heterocycles. The molecule has 27 heavy (non-hydrogen) atoms. The number of benzene rings is 3. The molecule has 0 aliphatic carbocycles. The maximum absolute atomic E-state index is 12.5. The summed E-state index contributed by atoms with van der Waals surface area (Å²) in [4.78, 5) is 12.5. The van der Waals surface area contributed by atoms with Gasteiger partial charge in [-0.05, 0) is 45.3 Å². The molecule has 138 valence electrons. The predicted octanol–water partition coefficient (Wildman–Crippen LogP) is 5.67. The number of halogens is 2. The Balaban J connectivity index is 1.71. The third-order valence-electron chi connectivity index (χ3n) is 4.04. The highest BCUT2D eigenvalue weighted by atomic mass is 79.9. The van der Waals surface area contributed by atoms with Crippen LogP contribution in [0.2, 0.25) is 0 Å². The van der Waals surface area contributed by atoms with Gasteiger partial charge in [-0.3, -0.25) is 4.79 Å². The average Bonchev–Trinajstić information content (AvgIpc) is 2.69. The van der Waals surface area contributed by atoms with E-state index in [4.69, 9.17) is 4.74 Å². The van der Waals surface area contributed by atoms with Gasteiger partial charge in [-0.2, -0.15) is 5.10 Å². The van der Waals surface area contributed by atoms with Gasteiger partial charge in [0.1, 0.15) is 5.75 Å². The number of carbonyl (C=O) groups is 1. The van der Waals surface area contributed by atoms with E-state index in [2.05, 4.69) is 42.4 Å². The molecule has 0 radical (unpaired) electrons. The summed E-state index contributed by atoms with van der Waals surface area (Å²) in [6, 6.07) is 19.5. The van der Waals surface area contributed by atoms with E-state index in [1.54, 1.807) is 6.21 Å². The Morgan fingerprint density at radius 2 is 1.85 bits per heavy atom. The smallest absolute Gasteiger partial charge is 0.281 e. The van der Waals surface area contributed by atoms with Crippen LogP contribution in [0.15, 0.2) is 74.7 Å². The van der Waals surface area contributed by atoms with Gasteiger partial charge >= 0.3 is 0 Å². The molecule has 0 aliphatic heterocycles. The number of carbonyl (C=O) groups excluding carboxylic acids is 1. The Hall–Kier alpha value is -2.18. The molecule has 1 amide bonds. The molecule has 3 aromatic rings. The van der Waals surface area contributed by atoms with Crippen LogP contribution in [-0.2, 0) is 4.79 Å². The zero-order chi connectivity index (χ0) is 19.2. The maximum Gasteiger partial charge on any atom is 0.281 e. The van der Waals surface area contributed by atoms with Crippen LogP contribution < -0.4 is 10.2 Å². The number of rotatable bonds is 6. The average molecular weight is 490 g/mol. The fourth-order valence-electron chi connectivity index (χ4n) is 2.60. The highest BCUT2D eigenvalue weighted by Gasteiger charge is 2.19. The van der Waals surface area contributed by atoms with Crippen molar-refractivity contribution in [2.75, 3.05) is 0 Å². The fraction of sp³-hybridized carbons (Fsp3) is 0.143. The summed E-state index contributed by atoms with van der Waals surface area (Å²) in [6.07, 6.45) is 1.48. The van der Waals surface area contributed by atoms with Crippen molar-refractivity contribution in [3.05, 3.63) is 75.2 Å². The van der Waals surface area contributed by atoms with E-state index in [1.165, 1.54) is 0 Å². The molecule has 0 saturated heterocycles. The summed E-state index contributed by atoms with van der Waals surface area (Å²) >= 11 is 7.03. The SMILES string of the molecule is CC[C@H](Oc1ccc2ccccc2c1Br)C(=O)N/N=C\c1ccccc1Br. The highest BCUT2D eigenvalue weighted by Crippen LogP contribution is 2.33. The molecule has 0 spiro atoms. The lowest BCUT2D eigenvalue weighted by molar-refractivity contribution is -0.128. The van der Waals surface area contributed by atoms with Crippen LogP contribution in [0.4, 0.5) is 0 Å². The van der Waals surface area contributed by atoms with Gasteiger partial charge in [0.2, 0.25) is 0 Å². The first-order chi connectivity index (χ1) is 13.1. The second-order valence-corrected chi connectivity index (χ2v) is 7.52.